The molecule has 0 aromatic heterocycles. The molecule has 2 aliphatic rings. The van der Waals surface area contributed by atoms with Crippen molar-refractivity contribution in [3.63, 3.8) is 0 Å². The van der Waals surface area contributed by atoms with E-state index in [1.165, 1.54) is 6.42 Å². The Balaban J connectivity index is 1.64. The van der Waals surface area contributed by atoms with Crippen molar-refractivity contribution in [2.45, 2.75) is 89.8 Å². The quantitative estimate of drug-likeness (QED) is 0.230. The zero-order valence-corrected chi connectivity index (χ0v) is 22.1. The van der Waals surface area contributed by atoms with Gasteiger partial charge >= 0.3 is 0 Å². The maximum absolute atomic E-state index is 13.4. The van der Waals surface area contributed by atoms with Gasteiger partial charge in [-0.3, -0.25) is 19.2 Å². The van der Waals surface area contributed by atoms with Crippen LogP contribution in [0.4, 0.5) is 5.69 Å². The third kappa shape index (κ3) is 7.56. The number of nitrogens with one attached hydrogen (secondary N) is 3. The van der Waals surface area contributed by atoms with E-state index in [9.17, 15) is 14.4 Å². The smallest absolute Gasteiger partial charge is 0.269 e. The zero-order chi connectivity index (χ0) is 26.2. The van der Waals surface area contributed by atoms with Crippen LogP contribution in [0.25, 0.3) is 0 Å². The summed E-state index contributed by atoms with van der Waals surface area (Å²) in [6.07, 6.45) is 10.4. The molecule has 1 aromatic carbocycles. The van der Waals surface area contributed by atoms with Crippen LogP contribution in [0, 0.1) is 5.92 Å². The lowest BCUT2D eigenvalue weighted by atomic mass is 10.1. The number of unbranched alkanes of at least 4 members (excludes halogenated alkanes) is 3. The second kappa shape index (κ2) is 12.4. The molecule has 3 atom stereocenters. The Hall–Kier alpha value is -2.87. The van der Waals surface area contributed by atoms with Gasteiger partial charge in [0.15, 0.2) is 0 Å². The van der Waals surface area contributed by atoms with Crippen LogP contribution in [0.5, 0.6) is 0 Å². The lowest BCUT2D eigenvalue weighted by Gasteiger charge is -2.28. The monoisotopic (exact) mass is 498 g/mol. The van der Waals surface area contributed by atoms with Crippen molar-refractivity contribution in [1.82, 2.24) is 15.7 Å². The summed E-state index contributed by atoms with van der Waals surface area (Å²) >= 11 is 0. The highest BCUT2D eigenvalue weighted by molar-refractivity contribution is 5.97. The summed E-state index contributed by atoms with van der Waals surface area (Å²) < 4.78 is 0. The zero-order valence-electron chi connectivity index (χ0n) is 22.1. The largest absolute Gasteiger partial charge is 0.376 e. The van der Waals surface area contributed by atoms with E-state index in [0.29, 0.717) is 19.4 Å². The van der Waals surface area contributed by atoms with Crippen LogP contribution in [0.1, 0.15) is 72.6 Å². The van der Waals surface area contributed by atoms with Gasteiger partial charge in [-0.2, -0.15) is 0 Å². The van der Waals surface area contributed by atoms with Crippen LogP contribution < -0.4 is 16.1 Å². The second-order valence-corrected chi connectivity index (χ2v) is 10.8. The van der Waals surface area contributed by atoms with Crippen molar-refractivity contribution >= 4 is 23.4 Å². The van der Waals surface area contributed by atoms with Crippen LogP contribution in [0.15, 0.2) is 42.5 Å². The van der Waals surface area contributed by atoms with E-state index < -0.39 is 17.2 Å². The first kappa shape index (κ1) is 27.7. The third-order valence-electron chi connectivity index (χ3n) is 6.65. The Morgan fingerprint density at radius 1 is 1.17 bits per heavy atom. The Labute approximate surface area is 215 Å². The van der Waals surface area contributed by atoms with Gasteiger partial charge in [0, 0.05) is 18.2 Å². The molecule has 0 unspecified atom stereocenters. The molecule has 0 radical (unpaired) electrons. The highest BCUT2D eigenvalue weighted by atomic mass is 16.7. The fourth-order valence-electron chi connectivity index (χ4n) is 4.52. The average molecular weight is 499 g/mol. The molecule has 1 aromatic rings. The molecule has 1 aliphatic carbocycles. The van der Waals surface area contributed by atoms with E-state index in [0.717, 1.165) is 31.4 Å². The fourth-order valence-corrected chi connectivity index (χ4v) is 4.52. The lowest BCUT2D eigenvalue weighted by Crippen LogP contribution is -2.56. The molecule has 8 nitrogen and oxygen atoms in total. The Kier molecular flexibility index (Phi) is 9.54. The molecule has 36 heavy (non-hydrogen) atoms. The van der Waals surface area contributed by atoms with Gasteiger partial charge in [0.25, 0.3) is 5.91 Å². The normalized spacial score (nSPS) is 23.5. The number of amides is 3. The molecule has 3 N–H and O–H groups in total. The second-order valence-electron chi connectivity index (χ2n) is 10.8. The number of para-hydroxylation sites is 1. The van der Waals surface area contributed by atoms with Crippen LogP contribution >= 0.6 is 0 Å². The summed E-state index contributed by atoms with van der Waals surface area (Å²) in [7, 11) is 0. The molecule has 1 saturated heterocycles. The molecular formula is C28H42N4O4. The standard InChI is InChI=1S/C28H42N4O4/c1-5-6-7-8-10-14-21-19-28(21,26(35)31-36-27(2,3)4)30-25(34)23-17-13-18-32(23)24(33)20-29-22-15-11-9-12-16-22/h9-12,14-16,21,23,29H,5-8,13,17-20H2,1-4H3,(H,30,34)(H,31,35)/b14-10-/t21-,23+,28-/m1/s1. The first-order chi connectivity index (χ1) is 17.2. The van der Waals surface area contributed by atoms with E-state index in [-0.39, 0.29) is 30.2 Å². The van der Waals surface area contributed by atoms with E-state index >= 15 is 0 Å². The number of hydrogen-bond donors (Lipinski definition) is 3. The minimum atomic E-state index is -1.05. The molecular weight excluding hydrogens is 456 g/mol. The third-order valence-corrected chi connectivity index (χ3v) is 6.65. The lowest BCUT2D eigenvalue weighted by molar-refractivity contribution is -0.151. The number of benzene rings is 1. The van der Waals surface area contributed by atoms with Gasteiger partial charge < -0.3 is 15.5 Å². The van der Waals surface area contributed by atoms with Crippen molar-refractivity contribution in [3.8, 4) is 0 Å². The Morgan fingerprint density at radius 2 is 1.92 bits per heavy atom. The summed E-state index contributed by atoms with van der Waals surface area (Å²) in [5.41, 5.74) is 1.80. The summed E-state index contributed by atoms with van der Waals surface area (Å²) in [6, 6.07) is 8.92. The van der Waals surface area contributed by atoms with Gasteiger partial charge in [0.2, 0.25) is 11.8 Å². The molecule has 2 fully saturated rings. The predicted molar refractivity (Wildman–Crippen MR) is 141 cm³/mol. The summed E-state index contributed by atoms with van der Waals surface area (Å²) in [5, 5.41) is 6.13. The molecule has 1 heterocycles. The first-order valence-corrected chi connectivity index (χ1v) is 13.2. The van der Waals surface area contributed by atoms with Gasteiger partial charge in [-0.1, -0.05) is 50.1 Å². The number of nitrogens with zero attached hydrogens (tertiary/aromatic N) is 1. The maximum Gasteiger partial charge on any atom is 0.269 e. The van der Waals surface area contributed by atoms with Crippen LogP contribution in [-0.4, -0.2) is 52.9 Å². The van der Waals surface area contributed by atoms with Gasteiger partial charge in [0.1, 0.15) is 11.6 Å². The summed E-state index contributed by atoms with van der Waals surface area (Å²) in [5.74, 6) is -0.866. The predicted octanol–water partition coefficient (Wildman–Crippen LogP) is 3.95. The van der Waals surface area contributed by atoms with Gasteiger partial charge in [-0.15, -0.1) is 0 Å². The molecule has 1 saturated carbocycles. The maximum atomic E-state index is 13.4. The first-order valence-electron chi connectivity index (χ1n) is 13.2. The molecule has 198 valence electrons. The summed E-state index contributed by atoms with van der Waals surface area (Å²) in [4.78, 5) is 46.6. The highest BCUT2D eigenvalue weighted by Crippen LogP contribution is 2.45. The number of rotatable bonds is 12. The van der Waals surface area contributed by atoms with E-state index in [1.807, 2.05) is 57.2 Å². The number of allylic oxidation sites excluding steroid dienone is 1. The van der Waals surface area contributed by atoms with Crippen LogP contribution in [-0.2, 0) is 19.2 Å². The molecule has 0 spiro atoms. The number of hydroxylamine groups is 1. The van der Waals surface area contributed by atoms with Gasteiger partial charge in [-0.25, -0.2) is 5.48 Å². The molecule has 3 rings (SSSR count). The van der Waals surface area contributed by atoms with Crippen LogP contribution in [0.2, 0.25) is 0 Å². The van der Waals surface area contributed by atoms with Gasteiger partial charge in [-0.05, 0) is 65.0 Å². The van der Waals surface area contributed by atoms with E-state index in [1.54, 1.807) is 4.90 Å². The Bertz CT molecular complexity index is 927. The molecule has 8 heteroatoms. The van der Waals surface area contributed by atoms with Crippen LogP contribution in [0.3, 0.4) is 0 Å². The molecule has 1 aliphatic heterocycles. The average Bonchev–Trinajstić information content (AvgIpc) is 3.31. The van der Waals surface area contributed by atoms with E-state index in [4.69, 9.17) is 4.84 Å². The highest BCUT2D eigenvalue weighted by Gasteiger charge is 2.61. The Morgan fingerprint density at radius 3 is 2.61 bits per heavy atom. The minimum Gasteiger partial charge on any atom is -0.376 e. The topological polar surface area (TPSA) is 99.8 Å². The van der Waals surface area contributed by atoms with Crippen molar-refractivity contribution in [2.24, 2.45) is 5.92 Å². The number of carbonyl (C=O) groups is 3. The number of carbonyl (C=O) groups excluding carboxylic acids is 3. The van der Waals surface area contributed by atoms with Crippen molar-refractivity contribution in [3.05, 3.63) is 42.5 Å². The number of anilines is 1. The summed E-state index contributed by atoms with van der Waals surface area (Å²) in [6.45, 7) is 8.36. The van der Waals surface area contributed by atoms with Crippen molar-refractivity contribution in [2.75, 3.05) is 18.4 Å². The fraction of sp³-hybridized carbons (Fsp3) is 0.607. The number of hydrogen-bond acceptors (Lipinski definition) is 5. The van der Waals surface area contributed by atoms with Crippen molar-refractivity contribution in [1.29, 1.82) is 0 Å². The molecule has 3 amide bonds. The van der Waals surface area contributed by atoms with Gasteiger partial charge in [0.05, 0.1) is 12.1 Å². The van der Waals surface area contributed by atoms with E-state index in [2.05, 4.69) is 29.1 Å². The number of likely N-dealkylation sites (tertiary alicyclic amines) is 1. The minimum absolute atomic E-state index is 0.100. The molecule has 0 bridgehead atoms. The SMILES string of the molecule is CCCCC/C=C\[C@@H]1C[C@]1(NC(=O)[C@@H]1CCCN1C(=O)CNc1ccccc1)C(=O)NOC(C)(C)C. The van der Waals surface area contributed by atoms with Crippen molar-refractivity contribution < 1.29 is 19.2 Å².